The fraction of sp³-hybridized carbons (Fsp3) is 0.630. The Kier molecular flexibility index (Phi) is 8.22. The number of ether oxygens (including phenoxy) is 1. The van der Waals surface area contributed by atoms with E-state index in [4.69, 9.17) is 15.5 Å². The number of hydrogen-bond donors (Lipinski definition) is 2. The number of carbonyl (C=O) groups is 1. The van der Waals surface area contributed by atoms with Crippen LogP contribution < -0.4 is 16.0 Å². The largest absolute Gasteiger partial charge is 0.460 e. The maximum Gasteiger partial charge on any atom is 0.306 e. The molecule has 10 heteroatoms. The van der Waals surface area contributed by atoms with E-state index in [1.165, 1.54) is 0 Å². The summed E-state index contributed by atoms with van der Waals surface area (Å²) < 4.78 is 22.2. The zero-order valence-electron chi connectivity index (χ0n) is 22.6. The number of pyridine rings is 1. The van der Waals surface area contributed by atoms with Crippen molar-refractivity contribution < 1.29 is 13.9 Å². The summed E-state index contributed by atoms with van der Waals surface area (Å²) >= 11 is 5.51. The molecule has 1 aromatic carbocycles. The van der Waals surface area contributed by atoms with Crippen LogP contribution in [0.1, 0.15) is 59.8 Å². The van der Waals surface area contributed by atoms with E-state index in [0.29, 0.717) is 33.3 Å². The van der Waals surface area contributed by atoms with Gasteiger partial charge in [0.05, 0.1) is 21.4 Å². The molecule has 1 aliphatic carbocycles. The average Bonchev–Trinajstić information content (AvgIpc) is 2.76. The zero-order valence-corrected chi connectivity index (χ0v) is 26.3. The number of nitrogens with zero attached hydrogens (tertiary/aromatic N) is 3. The molecule has 4 rings (SSSR count). The minimum absolute atomic E-state index is 0.0140. The van der Waals surface area contributed by atoms with Gasteiger partial charge in [-0.25, -0.2) is 9.37 Å². The lowest BCUT2D eigenvalue weighted by Gasteiger charge is -2.52. The van der Waals surface area contributed by atoms with Crippen molar-refractivity contribution in [1.29, 1.82) is 0 Å². The molecule has 2 aromatic rings. The van der Waals surface area contributed by atoms with Crippen LogP contribution in [-0.2, 0) is 9.53 Å². The van der Waals surface area contributed by atoms with Gasteiger partial charge >= 0.3 is 5.97 Å². The Morgan fingerprint density at radius 1 is 1.38 bits per heavy atom. The average molecular weight is 690 g/mol. The number of benzene rings is 1. The van der Waals surface area contributed by atoms with Crippen LogP contribution in [0.3, 0.4) is 0 Å². The van der Waals surface area contributed by atoms with Gasteiger partial charge in [0, 0.05) is 34.5 Å². The summed E-state index contributed by atoms with van der Waals surface area (Å²) in [6.45, 7) is 9.40. The second kappa shape index (κ2) is 10.6. The fourth-order valence-electron chi connectivity index (χ4n) is 5.34. The molecular weight excluding hydrogens is 652 g/mol. The van der Waals surface area contributed by atoms with Crippen LogP contribution in [0, 0.1) is 15.3 Å². The Labute approximate surface area is 241 Å². The van der Waals surface area contributed by atoms with Crippen molar-refractivity contribution >= 4 is 72.6 Å². The van der Waals surface area contributed by atoms with Crippen molar-refractivity contribution in [3.8, 4) is 0 Å². The van der Waals surface area contributed by atoms with Crippen molar-refractivity contribution in [2.45, 2.75) is 77.0 Å². The van der Waals surface area contributed by atoms with Crippen molar-refractivity contribution in [2.24, 2.45) is 5.92 Å². The predicted octanol–water partition coefficient (Wildman–Crippen LogP) is 6.17. The van der Waals surface area contributed by atoms with E-state index in [1.807, 2.05) is 26.8 Å². The van der Waals surface area contributed by atoms with Crippen molar-refractivity contribution in [2.75, 3.05) is 43.1 Å². The quantitative estimate of drug-likeness (QED) is 0.213. The van der Waals surface area contributed by atoms with E-state index in [1.54, 1.807) is 0 Å². The summed E-state index contributed by atoms with van der Waals surface area (Å²) in [5.41, 5.74) is 7.87. The Morgan fingerprint density at radius 2 is 2.05 bits per heavy atom. The van der Waals surface area contributed by atoms with Gasteiger partial charge in [0.2, 0.25) is 0 Å². The Hall–Kier alpha value is -1.40. The maximum absolute atomic E-state index is 15.5. The number of nitrogen functional groups attached to an aromatic ring is 1. The molecule has 1 saturated heterocycles. The van der Waals surface area contributed by atoms with E-state index in [0.717, 1.165) is 48.0 Å². The van der Waals surface area contributed by atoms with Gasteiger partial charge in [-0.2, -0.15) is 0 Å². The van der Waals surface area contributed by atoms with Gasteiger partial charge in [-0.1, -0.05) is 6.42 Å². The lowest BCUT2D eigenvalue weighted by atomic mass is 9.83. The van der Waals surface area contributed by atoms with E-state index < -0.39 is 5.60 Å². The number of carbonyl (C=O) groups excluding carboxylic acids is 1. The lowest BCUT2D eigenvalue weighted by Crippen LogP contribution is -2.67. The van der Waals surface area contributed by atoms with Gasteiger partial charge in [0.25, 0.3) is 0 Å². The molecule has 0 amide bonds. The third-order valence-electron chi connectivity index (χ3n) is 7.58. The number of fused-ring (bicyclic) bond motifs is 1. The number of nitrogens with one attached hydrogen (secondary N) is 1. The number of halogens is 3. The Morgan fingerprint density at radius 3 is 2.68 bits per heavy atom. The van der Waals surface area contributed by atoms with Gasteiger partial charge in [0.15, 0.2) is 11.6 Å². The standard InChI is InChI=1S/C27H38BrFIN5O2/c1-26(2,3)37-19(36)11-15-8-7-9-16(10-15)32-24-17-12-18(30)20(28)21(29)23(17)33-25(22(24)31)35-13-27(4,14-35)34(5)6/h12,15-16H,7-11,13-14,31H2,1-6H3,(H,32,33)/t15-,16?/m0/s1. The molecule has 0 radical (unpaired) electrons. The normalized spacial score (nSPS) is 21.7. The lowest BCUT2D eigenvalue weighted by molar-refractivity contribution is -0.156. The van der Waals surface area contributed by atoms with E-state index in [2.05, 4.69) is 74.7 Å². The second-order valence-electron chi connectivity index (χ2n) is 12.0. The second-order valence-corrected chi connectivity index (χ2v) is 14.0. The molecule has 2 fully saturated rings. The summed E-state index contributed by atoms with van der Waals surface area (Å²) in [6, 6.07) is 2.05. The number of aromatic nitrogens is 1. The van der Waals surface area contributed by atoms with E-state index >= 15 is 4.39 Å². The van der Waals surface area contributed by atoms with Gasteiger partial charge in [-0.05, 0) is 112 Å². The molecule has 2 aliphatic rings. The molecule has 0 bridgehead atoms. The third-order valence-corrected chi connectivity index (χ3v) is 9.95. The van der Waals surface area contributed by atoms with Crippen LogP contribution in [0.15, 0.2) is 10.5 Å². The molecule has 1 saturated carbocycles. The fourth-order valence-corrected chi connectivity index (χ4v) is 6.19. The minimum atomic E-state index is -0.487. The third kappa shape index (κ3) is 6.11. The predicted molar refractivity (Wildman–Crippen MR) is 161 cm³/mol. The first kappa shape index (κ1) is 28.6. The van der Waals surface area contributed by atoms with E-state index in [-0.39, 0.29) is 29.3 Å². The molecule has 3 N–H and O–H groups in total. The number of likely N-dealkylation sites (N-methyl/N-ethyl adjacent to an activating group) is 1. The first-order chi connectivity index (χ1) is 17.2. The molecule has 2 heterocycles. The molecule has 1 aromatic heterocycles. The number of esters is 1. The van der Waals surface area contributed by atoms with Gasteiger partial charge in [-0.3, -0.25) is 4.79 Å². The molecule has 1 aliphatic heterocycles. The number of rotatable bonds is 6. The highest BCUT2D eigenvalue weighted by atomic mass is 127. The molecule has 1 unspecified atom stereocenters. The highest BCUT2D eigenvalue weighted by Gasteiger charge is 2.42. The smallest absolute Gasteiger partial charge is 0.306 e. The Bertz CT molecular complexity index is 1200. The first-order valence-electron chi connectivity index (χ1n) is 12.9. The van der Waals surface area contributed by atoms with Crippen LogP contribution in [0.4, 0.5) is 21.6 Å². The monoisotopic (exact) mass is 689 g/mol. The van der Waals surface area contributed by atoms with Crippen molar-refractivity contribution in [3.63, 3.8) is 0 Å². The summed E-state index contributed by atoms with van der Waals surface area (Å²) in [7, 11) is 4.13. The molecule has 37 heavy (non-hydrogen) atoms. The molecular formula is C27H38BrFIN5O2. The highest BCUT2D eigenvalue weighted by Crippen LogP contribution is 2.43. The number of nitrogens with two attached hydrogens (primary N) is 1. The summed E-state index contributed by atoms with van der Waals surface area (Å²) in [4.78, 5) is 21.5. The summed E-state index contributed by atoms with van der Waals surface area (Å²) in [6.07, 6.45) is 4.19. The summed E-state index contributed by atoms with van der Waals surface area (Å²) in [5.74, 6) is 0.311. The molecule has 204 valence electrons. The zero-order chi connectivity index (χ0) is 27.3. The highest BCUT2D eigenvalue weighted by molar-refractivity contribution is 14.1. The van der Waals surface area contributed by atoms with Crippen molar-refractivity contribution in [3.05, 3.63) is 19.9 Å². The van der Waals surface area contributed by atoms with Gasteiger partial charge in [-0.15, -0.1) is 0 Å². The topological polar surface area (TPSA) is 83.7 Å². The first-order valence-corrected chi connectivity index (χ1v) is 14.7. The van der Waals surface area contributed by atoms with Crippen LogP contribution in [0.2, 0.25) is 0 Å². The van der Waals surface area contributed by atoms with Crippen LogP contribution in [0.5, 0.6) is 0 Å². The number of anilines is 3. The molecule has 0 spiro atoms. The van der Waals surface area contributed by atoms with Crippen LogP contribution >= 0.6 is 38.5 Å². The molecule has 2 atom stereocenters. The molecule has 7 nitrogen and oxygen atoms in total. The van der Waals surface area contributed by atoms with Gasteiger partial charge < -0.3 is 25.6 Å². The summed E-state index contributed by atoms with van der Waals surface area (Å²) in [5, 5.41) is 4.34. The van der Waals surface area contributed by atoms with Crippen LogP contribution in [0.25, 0.3) is 10.9 Å². The SMILES string of the molecule is CN(C)C1(C)CN(c2nc3c(F)c(Br)c(I)cc3c(NC3CCC[C@H](CC(=O)OC(C)(C)C)C3)c2N)C1. The van der Waals surface area contributed by atoms with Crippen molar-refractivity contribution in [1.82, 2.24) is 9.88 Å². The Balaban J connectivity index is 1.64. The maximum atomic E-state index is 15.5. The van der Waals surface area contributed by atoms with Crippen LogP contribution in [-0.4, -0.2) is 60.2 Å². The minimum Gasteiger partial charge on any atom is -0.460 e. The van der Waals surface area contributed by atoms with E-state index in [9.17, 15) is 4.79 Å². The number of hydrogen-bond acceptors (Lipinski definition) is 7. The van der Waals surface area contributed by atoms with Gasteiger partial charge in [0.1, 0.15) is 11.1 Å².